The van der Waals surface area contributed by atoms with Gasteiger partial charge in [0.1, 0.15) is 11.6 Å². The molecule has 30 heavy (non-hydrogen) atoms. The minimum atomic E-state index is -0.231. The predicted octanol–water partition coefficient (Wildman–Crippen LogP) is 5.06. The first-order valence-corrected chi connectivity index (χ1v) is 12.0. The summed E-state index contributed by atoms with van der Waals surface area (Å²) in [5.74, 6) is 0.828. The van der Waals surface area contributed by atoms with Crippen molar-refractivity contribution >= 4 is 22.6 Å². The molecule has 2 heterocycles. The predicted molar refractivity (Wildman–Crippen MR) is 121 cm³/mol. The second kappa shape index (κ2) is 12.0. The Bertz CT molecular complexity index is 780. The average Bonchev–Trinajstić information content (AvgIpc) is 3.06. The van der Waals surface area contributed by atoms with Crippen LogP contribution in [0.15, 0.2) is 24.3 Å². The van der Waals surface area contributed by atoms with E-state index in [2.05, 4.69) is 21.2 Å². The number of unbranched alkanes of at least 4 members (excludes halogenated alkanes) is 5. The lowest BCUT2D eigenvalue weighted by Crippen LogP contribution is -2.35. The molecule has 164 valence electrons. The van der Waals surface area contributed by atoms with Crippen molar-refractivity contribution in [2.24, 2.45) is 0 Å². The molecule has 0 N–H and O–H groups in total. The second-order valence-corrected chi connectivity index (χ2v) is 8.77. The maximum atomic E-state index is 13.1. The third-order valence-corrected chi connectivity index (χ3v) is 6.41. The maximum absolute atomic E-state index is 13.1. The number of hydrogen-bond donors (Lipinski definition) is 0. The quantitative estimate of drug-likeness (QED) is 0.493. The Balaban J connectivity index is 1.44. The standard InChI is InChI=1S/C23H33FN4OS/c1-2-3-4-5-6-7-9-22(29)27-14-8-15-28(17-16-27)23-25-21(26-30-23)18-19-10-12-20(24)13-11-19/h10-13H,2-9,14-18H2,1H3. The number of carbonyl (C=O) groups excluding carboxylic acids is 1. The lowest BCUT2D eigenvalue weighted by atomic mass is 10.1. The van der Waals surface area contributed by atoms with Crippen LogP contribution in [0.4, 0.5) is 9.52 Å². The molecule has 2 aromatic rings. The highest BCUT2D eigenvalue weighted by molar-refractivity contribution is 7.09. The lowest BCUT2D eigenvalue weighted by Gasteiger charge is -2.21. The van der Waals surface area contributed by atoms with Gasteiger partial charge >= 0.3 is 0 Å². The monoisotopic (exact) mass is 432 g/mol. The molecular weight excluding hydrogens is 399 g/mol. The van der Waals surface area contributed by atoms with Gasteiger partial charge in [0.25, 0.3) is 0 Å². The number of aromatic nitrogens is 2. The van der Waals surface area contributed by atoms with E-state index in [1.165, 1.54) is 49.3 Å². The highest BCUT2D eigenvalue weighted by Crippen LogP contribution is 2.21. The maximum Gasteiger partial charge on any atom is 0.222 e. The van der Waals surface area contributed by atoms with Gasteiger partial charge in [0.05, 0.1) is 0 Å². The van der Waals surface area contributed by atoms with E-state index in [0.717, 1.165) is 62.0 Å². The summed E-state index contributed by atoms with van der Waals surface area (Å²) in [6.45, 7) is 5.49. The van der Waals surface area contributed by atoms with Crippen LogP contribution in [0.5, 0.6) is 0 Å². The van der Waals surface area contributed by atoms with Gasteiger partial charge in [-0.2, -0.15) is 4.37 Å². The minimum Gasteiger partial charge on any atom is -0.345 e. The fourth-order valence-electron chi connectivity index (χ4n) is 3.80. The molecule has 1 aromatic heterocycles. The molecule has 0 spiro atoms. The first-order valence-electron chi connectivity index (χ1n) is 11.3. The lowest BCUT2D eigenvalue weighted by molar-refractivity contribution is -0.131. The number of benzene rings is 1. The highest BCUT2D eigenvalue weighted by Gasteiger charge is 2.21. The number of rotatable bonds is 10. The third-order valence-electron chi connectivity index (χ3n) is 5.60. The van der Waals surface area contributed by atoms with E-state index in [1.807, 2.05) is 4.90 Å². The molecule has 0 atom stereocenters. The molecule has 1 amide bonds. The van der Waals surface area contributed by atoms with E-state index in [9.17, 15) is 9.18 Å². The average molecular weight is 433 g/mol. The van der Waals surface area contributed by atoms with Gasteiger partial charge in [0, 0.05) is 50.6 Å². The number of halogens is 1. The van der Waals surface area contributed by atoms with E-state index in [0.29, 0.717) is 18.7 Å². The number of hydrogen-bond acceptors (Lipinski definition) is 5. The van der Waals surface area contributed by atoms with Gasteiger partial charge in [-0.15, -0.1) is 0 Å². The molecule has 3 rings (SSSR count). The molecule has 1 aromatic carbocycles. The van der Waals surface area contributed by atoms with Crippen LogP contribution in [0.25, 0.3) is 0 Å². The zero-order chi connectivity index (χ0) is 21.2. The van der Waals surface area contributed by atoms with Gasteiger partial charge in [0.2, 0.25) is 11.0 Å². The number of amides is 1. The first kappa shape index (κ1) is 22.7. The molecule has 0 unspecified atom stereocenters. The number of nitrogens with zero attached hydrogens (tertiary/aromatic N) is 4. The largest absolute Gasteiger partial charge is 0.345 e. The van der Waals surface area contributed by atoms with Crippen molar-refractivity contribution in [3.8, 4) is 0 Å². The summed E-state index contributed by atoms with van der Waals surface area (Å²) >= 11 is 1.41. The molecule has 7 heteroatoms. The van der Waals surface area contributed by atoms with Gasteiger partial charge in [0.15, 0.2) is 0 Å². The molecule has 0 saturated carbocycles. The van der Waals surface area contributed by atoms with E-state index < -0.39 is 0 Å². The minimum absolute atomic E-state index is 0.231. The summed E-state index contributed by atoms with van der Waals surface area (Å²) < 4.78 is 17.5. The second-order valence-electron chi connectivity index (χ2n) is 8.04. The van der Waals surface area contributed by atoms with Gasteiger partial charge < -0.3 is 9.80 Å². The van der Waals surface area contributed by atoms with Gasteiger partial charge in [-0.25, -0.2) is 9.37 Å². The molecular formula is C23H33FN4OS. The molecule has 0 bridgehead atoms. The molecule has 5 nitrogen and oxygen atoms in total. The first-order chi connectivity index (χ1) is 14.7. The number of carbonyl (C=O) groups is 1. The summed E-state index contributed by atoms with van der Waals surface area (Å²) in [6.07, 6.45) is 9.48. The van der Waals surface area contributed by atoms with Crippen molar-refractivity contribution < 1.29 is 9.18 Å². The summed E-state index contributed by atoms with van der Waals surface area (Å²) in [5.41, 5.74) is 1.00. The molecule has 1 aliphatic rings. The van der Waals surface area contributed by atoms with Crippen molar-refractivity contribution in [1.82, 2.24) is 14.3 Å². The topological polar surface area (TPSA) is 49.3 Å². The zero-order valence-electron chi connectivity index (χ0n) is 18.0. The summed E-state index contributed by atoms with van der Waals surface area (Å²) in [6, 6.07) is 6.48. The Morgan fingerprint density at radius 3 is 2.60 bits per heavy atom. The van der Waals surface area contributed by atoms with E-state index in [1.54, 1.807) is 12.1 Å². The van der Waals surface area contributed by atoms with Gasteiger partial charge in [-0.1, -0.05) is 51.2 Å². The van der Waals surface area contributed by atoms with Crippen LogP contribution in [-0.2, 0) is 11.2 Å². The van der Waals surface area contributed by atoms with Crippen molar-refractivity contribution in [2.45, 2.75) is 64.7 Å². The molecule has 1 saturated heterocycles. The fourth-order valence-corrected chi connectivity index (χ4v) is 4.54. The van der Waals surface area contributed by atoms with Crippen LogP contribution < -0.4 is 4.90 Å². The van der Waals surface area contributed by atoms with Crippen LogP contribution in [0.1, 0.15) is 69.7 Å². The smallest absolute Gasteiger partial charge is 0.222 e. The Kier molecular flexibility index (Phi) is 9.05. The van der Waals surface area contributed by atoms with E-state index in [-0.39, 0.29) is 5.82 Å². The van der Waals surface area contributed by atoms with Crippen LogP contribution in [0.3, 0.4) is 0 Å². The summed E-state index contributed by atoms with van der Waals surface area (Å²) in [7, 11) is 0. The Morgan fingerprint density at radius 2 is 1.80 bits per heavy atom. The normalized spacial score (nSPS) is 14.7. The molecule has 0 radical (unpaired) electrons. The van der Waals surface area contributed by atoms with Crippen molar-refractivity contribution in [3.05, 3.63) is 41.5 Å². The number of anilines is 1. The van der Waals surface area contributed by atoms with E-state index in [4.69, 9.17) is 0 Å². The third kappa shape index (κ3) is 7.04. The Hall–Kier alpha value is -2.02. The summed E-state index contributed by atoms with van der Waals surface area (Å²) in [5, 5.41) is 0.914. The van der Waals surface area contributed by atoms with Crippen molar-refractivity contribution in [2.75, 3.05) is 31.1 Å². The van der Waals surface area contributed by atoms with E-state index >= 15 is 0 Å². The zero-order valence-corrected chi connectivity index (χ0v) is 18.8. The Labute approximate surface area is 183 Å². The van der Waals surface area contributed by atoms with Crippen molar-refractivity contribution in [1.29, 1.82) is 0 Å². The Morgan fingerprint density at radius 1 is 1.03 bits per heavy atom. The van der Waals surface area contributed by atoms with Gasteiger partial charge in [-0.3, -0.25) is 4.79 Å². The van der Waals surface area contributed by atoms with Gasteiger partial charge in [-0.05, 0) is 30.5 Å². The molecule has 1 aliphatic heterocycles. The van der Waals surface area contributed by atoms with Crippen LogP contribution in [0, 0.1) is 5.82 Å². The fraction of sp³-hybridized carbons (Fsp3) is 0.609. The highest BCUT2D eigenvalue weighted by atomic mass is 32.1. The van der Waals surface area contributed by atoms with Crippen LogP contribution in [-0.4, -0.2) is 46.3 Å². The van der Waals surface area contributed by atoms with Crippen LogP contribution >= 0.6 is 11.5 Å². The molecule has 1 fully saturated rings. The summed E-state index contributed by atoms with van der Waals surface area (Å²) in [4.78, 5) is 21.5. The van der Waals surface area contributed by atoms with Crippen molar-refractivity contribution in [3.63, 3.8) is 0 Å². The molecule has 0 aliphatic carbocycles. The van der Waals surface area contributed by atoms with Crippen LogP contribution in [0.2, 0.25) is 0 Å². The SMILES string of the molecule is CCCCCCCCC(=O)N1CCCN(c2nc(Cc3ccc(F)cc3)ns2)CC1.